The van der Waals surface area contributed by atoms with Crippen LogP contribution in [0.2, 0.25) is 0 Å². The molecule has 3 heterocycles. The number of piperazine rings is 1. The molecule has 38 heavy (non-hydrogen) atoms. The first-order valence-corrected chi connectivity index (χ1v) is 15.3. The largest absolute Gasteiger partial charge is 0.593 e. The number of para-hydroxylation sites is 1. The van der Waals surface area contributed by atoms with E-state index in [1.54, 1.807) is 7.11 Å². The summed E-state index contributed by atoms with van der Waals surface area (Å²) in [5.41, 5.74) is 1.03. The fourth-order valence-corrected chi connectivity index (χ4v) is 7.72. The third-order valence-electron chi connectivity index (χ3n) is 8.88. The molecule has 6 rings (SSSR count). The van der Waals surface area contributed by atoms with E-state index in [1.165, 1.54) is 32.1 Å². The monoisotopic (exact) mass is 533 g/mol. The van der Waals surface area contributed by atoms with Crippen LogP contribution in [0.1, 0.15) is 50.9 Å². The first-order chi connectivity index (χ1) is 18.6. The Hall–Kier alpha value is -2.39. The van der Waals surface area contributed by atoms with E-state index in [0.29, 0.717) is 0 Å². The van der Waals surface area contributed by atoms with E-state index in [0.717, 1.165) is 84.3 Å². The molecule has 7 nitrogen and oxygen atoms in total. The number of piperidine rings is 1. The SMILES string of the molecule is COc1ccc([S+]([O-])N2CCN(C(C)c3nc(N4CCC5CCCCC5C4)c4ccccc4n3)CC2)cc1. The number of nitrogens with zero attached hydrogens (tertiary/aromatic N) is 5. The van der Waals surface area contributed by atoms with Gasteiger partial charge >= 0.3 is 0 Å². The van der Waals surface area contributed by atoms with E-state index >= 15 is 0 Å². The number of aromatic nitrogens is 2. The second kappa shape index (κ2) is 11.4. The van der Waals surface area contributed by atoms with Gasteiger partial charge in [0.05, 0.1) is 43.1 Å². The van der Waals surface area contributed by atoms with Gasteiger partial charge in [0.15, 0.2) is 4.90 Å². The molecule has 1 aliphatic carbocycles. The first-order valence-electron chi connectivity index (χ1n) is 14.2. The summed E-state index contributed by atoms with van der Waals surface area (Å²) >= 11 is -1.17. The van der Waals surface area contributed by atoms with E-state index < -0.39 is 11.4 Å². The van der Waals surface area contributed by atoms with Crippen molar-refractivity contribution in [2.75, 3.05) is 51.3 Å². The van der Waals surface area contributed by atoms with Crippen molar-refractivity contribution >= 4 is 28.1 Å². The summed E-state index contributed by atoms with van der Waals surface area (Å²) in [6.07, 6.45) is 6.81. The van der Waals surface area contributed by atoms with Crippen LogP contribution >= 0.6 is 0 Å². The fourth-order valence-electron chi connectivity index (χ4n) is 6.56. The minimum Gasteiger partial charge on any atom is -0.593 e. The standard InChI is InChI=1S/C30H39N5O2S/c1-22(33-17-19-35(20-18-33)38(36)26-13-11-25(37-2)12-14-26)29-31-28-10-6-5-9-27(28)30(32-29)34-16-15-23-7-3-4-8-24(23)21-34/h5-6,9-14,22-24H,3-4,7-8,15-21H2,1-2H3. The first kappa shape index (κ1) is 25.9. The summed E-state index contributed by atoms with van der Waals surface area (Å²) in [5, 5.41) is 1.16. The number of anilines is 1. The molecule has 4 unspecified atom stereocenters. The minimum atomic E-state index is -1.17. The molecule has 0 bridgehead atoms. The molecule has 2 aromatic carbocycles. The molecule has 2 saturated heterocycles. The van der Waals surface area contributed by atoms with Gasteiger partial charge in [-0.1, -0.05) is 31.4 Å². The molecule has 8 heteroatoms. The molecule has 0 radical (unpaired) electrons. The van der Waals surface area contributed by atoms with Crippen LogP contribution in [0.4, 0.5) is 5.82 Å². The highest BCUT2D eigenvalue weighted by Crippen LogP contribution is 2.39. The molecule has 3 aliphatic rings. The number of benzene rings is 2. The molecule has 202 valence electrons. The van der Waals surface area contributed by atoms with Crippen molar-refractivity contribution in [2.45, 2.75) is 50.0 Å². The minimum absolute atomic E-state index is 0.0992. The number of hydrogen-bond donors (Lipinski definition) is 0. The van der Waals surface area contributed by atoms with Gasteiger partial charge in [-0.05, 0) is 68.0 Å². The second-order valence-corrected chi connectivity index (χ2v) is 12.5. The van der Waals surface area contributed by atoms with Gasteiger partial charge in [0.1, 0.15) is 17.4 Å². The summed E-state index contributed by atoms with van der Waals surface area (Å²) in [7, 11) is 1.65. The smallest absolute Gasteiger partial charge is 0.174 e. The van der Waals surface area contributed by atoms with Gasteiger partial charge in [0, 0.05) is 31.6 Å². The molecule has 0 amide bonds. The number of hydrogen-bond acceptors (Lipinski definition) is 7. The third kappa shape index (κ3) is 5.24. The summed E-state index contributed by atoms with van der Waals surface area (Å²) in [6.45, 7) is 7.60. The zero-order chi connectivity index (χ0) is 26.1. The highest BCUT2D eigenvalue weighted by molar-refractivity contribution is 7.89. The maximum absolute atomic E-state index is 13.2. The van der Waals surface area contributed by atoms with E-state index in [1.807, 2.05) is 24.3 Å². The molecule has 4 atom stereocenters. The van der Waals surface area contributed by atoms with Gasteiger partial charge in [0.25, 0.3) is 0 Å². The second-order valence-electron chi connectivity index (χ2n) is 11.0. The zero-order valence-corrected chi connectivity index (χ0v) is 23.4. The topological polar surface area (TPSA) is 67.8 Å². The van der Waals surface area contributed by atoms with Gasteiger partial charge in [-0.3, -0.25) is 4.90 Å². The van der Waals surface area contributed by atoms with Crippen molar-refractivity contribution in [3.05, 3.63) is 54.4 Å². The lowest BCUT2D eigenvalue weighted by molar-refractivity contribution is 0.141. The van der Waals surface area contributed by atoms with E-state index in [9.17, 15) is 4.55 Å². The Balaban J connectivity index is 1.17. The number of ether oxygens (including phenoxy) is 1. The Bertz CT molecular complexity index is 1230. The lowest BCUT2D eigenvalue weighted by Gasteiger charge is -2.42. The molecule has 1 saturated carbocycles. The van der Waals surface area contributed by atoms with Crippen LogP contribution in [0.25, 0.3) is 10.9 Å². The predicted molar refractivity (Wildman–Crippen MR) is 153 cm³/mol. The van der Waals surface area contributed by atoms with E-state index in [4.69, 9.17) is 14.7 Å². The summed E-state index contributed by atoms with van der Waals surface area (Å²) < 4.78 is 20.5. The Labute approximate surface area is 229 Å². The Morgan fingerprint density at radius 3 is 2.39 bits per heavy atom. The highest BCUT2D eigenvalue weighted by atomic mass is 32.2. The molecule has 0 N–H and O–H groups in total. The third-order valence-corrected chi connectivity index (χ3v) is 10.4. The van der Waals surface area contributed by atoms with E-state index in [-0.39, 0.29) is 6.04 Å². The van der Waals surface area contributed by atoms with Crippen molar-refractivity contribution in [2.24, 2.45) is 11.8 Å². The van der Waals surface area contributed by atoms with Gasteiger partial charge in [-0.2, -0.15) is 0 Å². The molecular formula is C30H39N5O2S. The Morgan fingerprint density at radius 1 is 0.895 bits per heavy atom. The van der Waals surface area contributed by atoms with Crippen LogP contribution in [-0.4, -0.2) is 70.1 Å². The number of methoxy groups -OCH3 is 1. The van der Waals surface area contributed by atoms with Gasteiger partial charge in [0.2, 0.25) is 0 Å². The average Bonchev–Trinajstić information content (AvgIpc) is 2.99. The van der Waals surface area contributed by atoms with Crippen LogP contribution < -0.4 is 9.64 Å². The molecule has 3 aromatic rings. The van der Waals surface area contributed by atoms with Gasteiger partial charge in [-0.15, -0.1) is 4.31 Å². The summed E-state index contributed by atoms with van der Waals surface area (Å²) in [5.74, 6) is 4.48. The molecule has 2 aliphatic heterocycles. The van der Waals surface area contributed by atoms with Crippen molar-refractivity contribution < 1.29 is 9.29 Å². The predicted octanol–water partition coefficient (Wildman–Crippen LogP) is 5.06. The summed E-state index contributed by atoms with van der Waals surface area (Å²) in [4.78, 5) is 16.1. The Morgan fingerprint density at radius 2 is 1.63 bits per heavy atom. The Kier molecular flexibility index (Phi) is 7.75. The van der Waals surface area contributed by atoms with Crippen LogP contribution in [0, 0.1) is 11.8 Å². The lowest BCUT2D eigenvalue weighted by atomic mass is 9.75. The van der Waals surface area contributed by atoms with Crippen molar-refractivity contribution in [1.82, 2.24) is 19.2 Å². The molecular weight excluding hydrogens is 494 g/mol. The van der Waals surface area contributed by atoms with Gasteiger partial charge in [-0.25, -0.2) is 9.97 Å². The normalized spacial score (nSPS) is 24.7. The molecule has 0 spiro atoms. The van der Waals surface area contributed by atoms with Crippen molar-refractivity contribution in [3.63, 3.8) is 0 Å². The maximum Gasteiger partial charge on any atom is 0.174 e. The average molecular weight is 534 g/mol. The lowest BCUT2D eigenvalue weighted by Crippen LogP contribution is -2.49. The van der Waals surface area contributed by atoms with Crippen molar-refractivity contribution in [1.29, 1.82) is 0 Å². The number of fused-ring (bicyclic) bond motifs is 2. The van der Waals surface area contributed by atoms with Crippen LogP contribution in [0.3, 0.4) is 0 Å². The van der Waals surface area contributed by atoms with Crippen LogP contribution in [0.15, 0.2) is 53.4 Å². The van der Waals surface area contributed by atoms with Crippen LogP contribution in [0.5, 0.6) is 5.75 Å². The van der Waals surface area contributed by atoms with E-state index in [2.05, 4.69) is 45.3 Å². The number of rotatable bonds is 6. The molecule has 3 fully saturated rings. The summed E-state index contributed by atoms with van der Waals surface area (Å²) in [6, 6.07) is 16.1. The quantitative estimate of drug-likeness (QED) is 0.411. The fraction of sp³-hybridized carbons (Fsp3) is 0.533. The maximum atomic E-state index is 13.2. The zero-order valence-electron chi connectivity index (χ0n) is 22.6. The van der Waals surface area contributed by atoms with Crippen molar-refractivity contribution in [3.8, 4) is 5.75 Å². The molecule has 1 aromatic heterocycles. The highest BCUT2D eigenvalue weighted by Gasteiger charge is 2.34. The van der Waals surface area contributed by atoms with Gasteiger partial charge < -0.3 is 14.2 Å². The van der Waals surface area contributed by atoms with Crippen LogP contribution in [-0.2, 0) is 11.4 Å².